The van der Waals surface area contributed by atoms with E-state index in [1.54, 1.807) is 182 Å². The zero-order chi connectivity index (χ0) is 78.4. The van der Waals surface area contributed by atoms with Gasteiger partial charge in [0.25, 0.3) is 0 Å². The second kappa shape index (κ2) is 38.2. The SMILES string of the molecule is O=C(OC[C@H]1O[C@H](O)[C@H](OCc2ccccc2)[C@@H](O[C@@H]2O[C@H](COC(=O)c3ccccc3)[C@@H](OC(=O)c3ccccc3)[C@H](OC(=O)c3ccccc3)[C@H]2OC(=O)c2ccccc2)[C@@H]1O[C@@H]1O[C@H](COC(=O)c2ccccc2)[C@@H](OC(=O)c2ccccc2)[C@H](OC(=O)c2ccccc2)[C@H]1OC(=O)c1ccccc1)c1ccccc1. The Morgan fingerprint density at radius 3 is 0.735 bits per heavy atom. The van der Waals surface area contributed by atoms with Crippen LogP contribution in [0, 0.1) is 0 Å². The van der Waals surface area contributed by atoms with E-state index in [4.69, 9.17) is 71.1 Å². The maximum absolute atomic E-state index is 15.1. The lowest BCUT2D eigenvalue weighted by molar-refractivity contribution is -0.385. The third kappa shape index (κ3) is 20.2. The van der Waals surface area contributed by atoms with Crippen LogP contribution in [0.2, 0.25) is 0 Å². The maximum Gasteiger partial charge on any atom is 0.338 e. The van der Waals surface area contributed by atoms with Crippen LogP contribution in [0.3, 0.4) is 0 Å². The fourth-order valence-corrected chi connectivity index (χ4v) is 12.7. The molecule has 0 amide bonds. The van der Waals surface area contributed by atoms with Gasteiger partial charge in [-0.25, -0.2) is 43.2 Å². The molecule has 10 aromatic rings. The smallest absolute Gasteiger partial charge is 0.338 e. The fraction of sp³-hybridized carbons (Fsp3) is 0.216. The summed E-state index contributed by atoms with van der Waals surface area (Å²) < 4.78 is 98.6. The first kappa shape index (κ1) is 78.3. The topological polar surface area (TPSA) is 312 Å². The normalized spacial score (nSPS) is 23.1. The lowest BCUT2D eigenvalue weighted by Gasteiger charge is -2.50. The third-order valence-corrected chi connectivity index (χ3v) is 18.3. The second-order valence-corrected chi connectivity index (χ2v) is 25.9. The van der Waals surface area contributed by atoms with E-state index in [2.05, 4.69) is 0 Å². The summed E-state index contributed by atoms with van der Waals surface area (Å²) in [5, 5.41) is 12.9. The van der Waals surface area contributed by atoms with Crippen molar-refractivity contribution in [3.63, 3.8) is 0 Å². The first-order valence-electron chi connectivity index (χ1n) is 36.0. The molecule has 1 N–H and O–H groups in total. The summed E-state index contributed by atoms with van der Waals surface area (Å²) >= 11 is 0. The van der Waals surface area contributed by atoms with Gasteiger partial charge in [-0.1, -0.05) is 194 Å². The number of aliphatic hydroxyl groups is 1. The molecule has 0 saturated carbocycles. The molecule has 3 aliphatic rings. The molecular formula is C88H74O25. The quantitative estimate of drug-likeness (QED) is 0.0352. The standard InChI is InChI=1S/C88H74O25/c89-77(56-33-13-2-14-34-56)100-52-65-70(112-87-75(110-84(96)63-47-27-9-28-48-63)72(108-82(94)61-43-23-7-24-44-61)68(106-80(92)59-39-19-5-20-40-59)66(104-87)53-101-78(90)57-35-15-3-16-36-57)71(74(86(98)103-65)99-51-55-31-11-1-12-32-55)113-88-76(111-85(97)64-49-29-10-30-50-64)73(109-83(95)62-45-25-8-26-46-62)69(107-81(93)60-41-21-6-22-42-60)67(105-88)54-102-79(91)58-37-17-4-18-38-58/h1-50,65-76,86-88,98H,51-54H2/t65-,66-,67-,68-,69-,70-,71+,72+,73+,74-,75-,76-,86+,87+,88+/m1/s1. The number of ether oxygens (including phenoxy) is 15. The summed E-state index contributed by atoms with van der Waals surface area (Å²) in [6.45, 7) is -2.94. The lowest BCUT2D eigenvalue weighted by Crippen LogP contribution is -2.69. The van der Waals surface area contributed by atoms with Crippen molar-refractivity contribution in [2.24, 2.45) is 0 Å². The Balaban J connectivity index is 1.00. The molecule has 0 radical (unpaired) electrons. The highest BCUT2D eigenvalue weighted by molar-refractivity contribution is 5.94. The summed E-state index contributed by atoms with van der Waals surface area (Å²) in [6, 6.07) is 77.4. The summed E-state index contributed by atoms with van der Waals surface area (Å²) in [5.41, 5.74) is 0.385. The predicted octanol–water partition coefficient (Wildman–Crippen LogP) is 11.4. The Morgan fingerprint density at radius 1 is 0.239 bits per heavy atom. The Bertz CT molecular complexity index is 4810. The highest BCUT2D eigenvalue weighted by Gasteiger charge is 2.60. The average Bonchev–Trinajstić information content (AvgIpc) is 0.757. The average molecular weight is 1530 g/mol. The van der Waals surface area contributed by atoms with Gasteiger partial charge in [0.05, 0.1) is 56.7 Å². The molecule has 3 saturated heterocycles. The van der Waals surface area contributed by atoms with E-state index >= 15 is 14.4 Å². The van der Waals surface area contributed by atoms with Gasteiger partial charge in [-0.05, 0) is 115 Å². The maximum atomic E-state index is 15.1. The Morgan fingerprint density at radius 2 is 0.460 bits per heavy atom. The molecule has 3 fully saturated rings. The first-order valence-corrected chi connectivity index (χ1v) is 36.0. The molecule has 0 aromatic heterocycles. The van der Waals surface area contributed by atoms with Crippen molar-refractivity contribution < 1.29 is 119 Å². The van der Waals surface area contributed by atoms with E-state index in [1.807, 2.05) is 0 Å². The van der Waals surface area contributed by atoms with E-state index in [9.17, 15) is 33.9 Å². The monoisotopic (exact) mass is 1530 g/mol. The van der Waals surface area contributed by atoms with Crippen molar-refractivity contribution in [3.05, 3.63) is 359 Å². The van der Waals surface area contributed by atoms with Gasteiger partial charge in [-0.3, -0.25) is 0 Å². The molecule has 3 aliphatic heterocycles. The van der Waals surface area contributed by atoms with E-state index in [1.165, 1.54) is 121 Å². The molecule has 3 heterocycles. The Labute approximate surface area is 647 Å². The highest BCUT2D eigenvalue weighted by atomic mass is 16.8. The lowest BCUT2D eigenvalue weighted by atomic mass is 9.94. The van der Waals surface area contributed by atoms with Gasteiger partial charge in [-0.15, -0.1) is 0 Å². The number of carbonyl (C=O) groups excluding carboxylic acids is 9. The minimum absolute atomic E-state index is 0.0162. The van der Waals surface area contributed by atoms with Crippen LogP contribution in [-0.4, -0.2) is 171 Å². The molecular weight excluding hydrogens is 1460 g/mol. The van der Waals surface area contributed by atoms with E-state index in [-0.39, 0.29) is 56.7 Å². The number of benzene rings is 10. The van der Waals surface area contributed by atoms with Gasteiger partial charge < -0.3 is 76.2 Å². The Kier molecular flexibility index (Phi) is 26.5. The number of aliphatic hydroxyl groups excluding tert-OH is 1. The van der Waals surface area contributed by atoms with Gasteiger partial charge in [-0.2, -0.15) is 0 Å². The van der Waals surface area contributed by atoms with Crippen molar-refractivity contribution in [1.82, 2.24) is 0 Å². The molecule has 0 aliphatic carbocycles. The van der Waals surface area contributed by atoms with E-state index in [0.717, 1.165) is 0 Å². The van der Waals surface area contributed by atoms with Crippen LogP contribution >= 0.6 is 0 Å². The van der Waals surface area contributed by atoms with Crippen LogP contribution in [0.15, 0.2) is 303 Å². The molecule has 0 unspecified atom stereocenters. The molecule has 0 bridgehead atoms. The zero-order valence-corrected chi connectivity index (χ0v) is 60.1. The summed E-state index contributed by atoms with van der Waals surface area (Å²) in [7, 11) is 0. The van der Waals surface area contributed by atoms with Crippen LogP contribution in [0.1, 0.15) is 98.8 Å². The van der Waals surface area contributed by atoms with E-state index < -0.39 is 166 Å². The van der Waals surface area contributed by atoms with Crippen molar-refractivity contribution >= 4 is 53.7 Å². The van der Waals surface area contributed by atoms with Gasteiger partial charge >= 0.3 is 53.7 Å². The predicted molar refractivity (Wildman–Crippen MR) is 397 cm³/mol. The molecule has 15 atom stereocenters. The highest BCUT2D eigenvalue weighted by Crippen LogP contribution is 2.40. The van der Waals surface area contributed by atoms with Crippen molar-refractivity contribution in [2.45, 2.75) is 98.7 Å². The Hall–Kier alpha value is -12.9. The van der Waals surface area contributed by atoms with Gasteiger partial charge in [0.2, 0.25) is 0 Å². The van der Waals surface area contributed by atoms with Gasteiger partial charge in [0, 0.05) is 0 Å². The van der Waals surface area contributed by atoms with E-state index in [0.29, 0.717) is 5.56 Å². The largest absolute Gasteiger partial charge is 0.459 e. The molecule has 113 heavy (non-hydrogen) atoms. The second-order valence-electron chi connectivity index (χ2n) is 25.9. The molecule has 10 aromatic carbocycles. The van der Waals surface area contributed by atoms with Crippen molar-refractivity contribution in [2.75, 3.05) is 19.8 Å². The minimum atomic E-state index is -2.24. The molecule has 0 spiro atoms. The van der Waals surface area contributed by atoms with Crippen LogP contribution in [-0.2, 0) is 77.7 Å². The van der Waals surface area contributed by atoms with Gasteiger partial charge in [0.1, 0.15) is 56.4 Å². The third-order valence-electron chi connectivity index (χ3n) is 18.3. The number of carbonyl (C=O) groups is 9. The van der Waals surface area contributed by atoms with Crippen LogP contribution in [0.5, 0.6) is 0 Å². The molecule has 25 heteroatoms. The van der Waals surface area contributed by atoms with Crippen LogP contribution < -0.4 is 0 Å². The number of esters is 9. The number of hydrogen-bond donors (Lipinski definition) is 1. The molecule has 25 nitrogen and oxygen atoms in total. The number of rotatable bonds is 28. The molecule has 576 valence electrons. The molecule has 13 rings (SSSR count). The van der Waals surface area contributed by atoms with Crippen LogP contribution in [0.25, 0.3) is 0 Å². The minimum Gasteiger partial charge on any atom is -0.459 e. The summed E-state index contributed by atoms with van der Waals surface area (Å²) in [6.07, 6.45) is -30.5. The number of hydrogen-bond acceptors (Lipinski definition) is 25. The van der Waals surface area contributed by atoms with Crippen molar-refractivity contribution in [3.8, 4) is 0 Å². The van der Waals surface area contributed by atoms with Gasteiger partial charge in [0.15, 0.2) is 55.5 Å². The summed E-state index contributed by atoms with van der Waals surface area (Å²) in [4.78, 5) is 132. The first-order chi connectivity index (χ1) is 55.2. The fourth-order valence-electron chi connectivity index (χ4n) is 12.7. The van der Waals surface area contributed by atoms with Crippen LogP contribution in [0.4, 0.5) is 0 Å². The van der Waals surface area contributed by atoms with Crippen molar-refractivity contribution in [1.29, 1.82) is 0 Å². The zero-order valence-electron chi connectivity index (χ0n) is 60.1. The summed E-state index contributed by atoms with van der Waals surface area (Å²) in [5.74, 6) is -9.16.